The first-order valence-electron chi connectivity index (χ1n) is 7.40. The Morgan fingerprint density at radius 3 is 2.65 bits per heavy atom. The number of rotatable bonds is 4. The summed E-state index contributed by atoms with van der Waals surface area (Å²) >= 11 is 0. The molecule has 2 rings (SSSR count). The number of anilines is 1. The second-order valence-corrected chi connectivity index (χ2v) is 5.66. The molecule has 1 aliphatic carbocycles. The smallest absolute Gasteiger partial charge is 0.251 e. The second-order valence-electron chi connectivity index (χ2n) is 5.66. The van der Waals surface area contributed by atoms with Gasteiger partial charge in [0.15, 0.2) is 0 Å². The predicted molar refractivity (Wildman–Crippen MR) is 80.3 cm³/mol. The molecule has 20 heavy (non-hydrogen) atoms. The summed E-state index contributed by atoms with van der Waals surface area (Å²) in [4.78, 5) is 16.6. The Morgan fingerprint density at radius 1 is 1.35 bits per heavy atom. The van der Waals surface area contributed by atoms with Crippen LogP contribution in [0.4, 0.5) is 5.82 Å². The van der Waals surface area contributed by atoms with E-state index in [4.69, 9.17) is 5.84 Å². The molecule has 1 heterocycles. The molecule has 4 N–H and O–H groups in total. The van der Waals surface area contributed by atoms with Gasteiger partial charge in [-0.1, -0.05) is 13.8 Å². The topological polar surface area (TPSA) is 80.0 Å². The largest absolute Gasteiger partial charge is 0.349 e. The molecule has 0 saturated heterocycles. The Labute approximate surface area is 120 Å². The van der Waals surface area contributed by atoms with Gasteiger partial charge in [0, 0.05) is 17.3 Å². The molecule has 0 aliphatic heterocycles. The van der Waals surface area contributed by atoms with Gasteiger partial charge in [0.1, 0.15) is 5.82 Å². The molecule has 1 aliphatic rings. The minimum absolute atomic E-state index is 0.0295. The van der Waals surface area contributed by atoms with Crippen molar-refractivity contribution in [2.24, 2.45) is 11.8 Å². The van der Waals surface area contributed by atoms with E-state index in [0.717, 1.165) is 30.9 Å². The number of aromatic nitrogens is 1. The molecule has 1 saturated carbocycles. The predicted octanol–water partition coefficient (Wildman–Crippen LogP) is 2.24. The lowest BCUT2D eigenvalue weighted by atomic mass is 9.87. The summed E-state index contributed by atoms with van der Waals surface area (Å²) in [5.74, 6) is 6.68. The highest BCUT2D eigenvalue weighted by Crippen LogP contribution is 2.23. The van der Waals surface area contributed by atoms with Crippen molar-refractivity contribution in [1.29, 1.82) is 0 Å². The van der Waals surface area contributed by atoms with Crippen molar-refractivity contribution in [1.82, 2.24) is 10.3 Å². The molecule has 5 nitrogen and oxygen atoms in total. The average Bonchev–Trinajstić information content (AvgIpc) is 2.48. The van der Waals surface area contributed by atoms with Crippen LogP contribution < -0.4 is 16.6 Å². The number of nitrogens with one attached hydrogen (secondary N) is 2. The maximum Gasteiger partial charge on any atom is 0.251 e. The molecule has 0 bridgehead atoms. The van der Waals surface area contributed by atoms with Gasteiger partial charge in [0.05, 0.1) is 0 Å². The lowest BCUT2D eigenvalue weighted by Gasteiger charge is -2.27. The molecular formula is C15H24N4O. The van der Waals surface area contributed by atoms with Crippen LogP contribution in [-0.2, 0) is 6.42 Å². The van der Waals surface area contributed by atoms with Crippen LogP contribution in [0.5, 0.6) is 0 Å². The van der Waals surface area contributed by atoms with Gasteiger partial charge in [-0.05, 0) is 50.2 Å². The second kappa shape index (κ2) is 6.70. The van der Waals surface area contributed by atoms with Crippen LogP contribution in [0.1, 0.15) is 55.6 Å². The fraction of sp³-hybridized carbons (Fsp3) is 0.600. The highest BCUT2D eigenvalue weighted by Gasteiger charge is 2.20. The molecule has 0 atom stereocenters. The molecule has 0 radical (unpaired) electrons. The van der Waals surface area contributed by atoms with E-state index in [1.807, 2.05) is 13.0 Å². The van der Waals surface area contributed by atoms with Gasteiger partial charge < -0.3 is 10.7 Å². The van der Waals surface area contributed by atoms with E-state index in [2.05, 4.69) is 22.7 Å². The van der Waals surface area contributed by atoms with Gasteiger partial charge in [0.2, 0.25) is 0 Å². The zero-order valence-electron chi connectivity index (χ0n) is 12.3. The SMILES string of the molecule is CCc1cc(C(=O)NC2CCC(C)CC2)cc(NN)n1. The van der Waals surface area contributed by atoms with Crippen molar-refractivity contribution >= 4 is 11.7 Å². The third-order valence-electron chi connectivity index (χ3n) is 4.00. The molecule has 0 aromatic carbocycles. The van der Waals surface area contributed by atoms with E-state index in [1.165, 1.54) is 12.8 Å². The van der Waals surface area contributed by atoms with Crippen LogP contribution >= 0.6 is 0 Å². The summed E-state index contributed by atoms with van der Waals surface area (Å²) in [5, 5.41) is 3.12. The van der Waals surface area contributed by atoms with Gasteiger partial charge in [-0.15, -0.1) is 0 Å². The number of nitrogens with two attached hydrogens (primary N) is 1. The first-order valence-corrected chi connectivity index (χ1v) is 7.40. The minimum atomic E-state index is -0.0295. The molecule has 110 valence electrons. The van der Waals surface area contributed by atoms with Gasteiger partial charge in [-0.3, -0.25) is 4.79 Å². The number of carbonyl (C=O) groups excluding carboxylic acids is 1. The number of nitrogen functional groups attached to an aromatic ring is 1. The number of hydrogen-bond acceptors (Lipinski definition) is 4. The first-order chi connectivity index (χ1) is 9.62. The highest BCUT2D eigenvalue weighted by molar-refractivity contribution is 5.95. The molecule has 1 aromatic rings. The number of pyridine rings is 1. The summed E-state index contributed by atoms with van der Waals surface area (Å²) in [6, 6.07) is 3.83. The van der Waals surface area contributed by atoms with Crippen LogP contribution in [0.3, 0.4) is 0 Å². The van der Waals surface area contributed by atoms with Crippen molar-refractivity contribution in [3.05, 3.63) is 23.4 Å². The quantitative estimate of drug-likeness (QED) is 0.582. The standard InChI is InChI=1S/C15H24N4O/c1-3-12-8-11(9-14(17-12)19-16)15(20)18-13-6-4-10(2)5-7-13/h8-10,13H,3-7,16H2,1-2H3,(H,17,19)(H,18,20). The van der Waals surface area contributed by atoms with E-state index < -0.39 is 0 Å². The summed E-state index contributed by atoms with van der Waals surface area (Å²) in [5.41, 5.74) is 4.01. The van der Waals surface area contributed by atoms with Crippen LogP contribution in [-0.4, -0.2) is 16.9 Å². The lowest BCUT2D eigenvalue weighted by molar-refractivity contribution is 0.0923. The summed E-state index contributed by atoms with van der Waals surface area (Å²) in [6.45, 7) is 4.28. The molecule has 1 fully saturated rings. The average molecular weight is 276 g/mol. The van der Waals surface area contributed by atoms with Crippen molar-refractivity contribution < 1.29 is 4.79 Å². The monoisotopic (exact) mass is 276 g/mol. The van der Waals surface area contributed by atoms with Crippen molar-refractivity contribution in [3.63, 3.8) is 0 Å². The Kier molecular flexibility index (Phi) is 4.95. The fourth-order valence-electron chi connectivity index (χ4n) is 2.65. The number of aryl methyl sites for hydroxylation is 1. The Balaban J connectivity index is 2.04. The van der Waals surface area contributed by atoms with Crippen LogP contribution in [0.15, 0.2) is 12.1 Å². The molecule has 0 spiro atoms. The lowest BCUT2D eigenvalue weighted by Crippen LogP contribution is -2.37. The van der Waals surface area contributed by atoms with Crippen molar-refractivity contribution in [2.45, 2.75) is 52.0 Å². The van der Waals surface area contributed by atoms with E-state index in [0.29, 0.717) is 17.4 Å². The number of amides is 1. The normalized spacial score (nSPS) is 22.4. The Bertz CT molecular complexity index is 445. The molecule has 1 amide bonds. The van der Waals surface area contributed by atoms with E-state index >= 15 is 0 Å². The van der Waals surface area contributed by atoms with Crippen molar-refractivity contribution in [3.8, 4) is 0 Å². The van der Waals surface area contributed by atoms with Gasteiger partial charge in [-0.2, -0.15) is 0 Å². The number of hydrazine groups is 1. The van der Waals surface area contributed by atoms with Crippen LogP contribution in [0.2, 0.25) is 0 Å². The maximum atomic E-state index is 12.3. The van der Waals surface area contributed by atoms with E-state index in [9.17, 15) is 4.79 Å². The van der Waals surface area contributed by atoms with Crippen LogP contribution in [0.25, 0.3) is 0 Å². The third-order valence-corrected chi connectivity index (χ3v) is 4.00. The third kappa shape index (κ3) is 3.70. The number of hydrogen-bond donors (Lipinski definition) is 3. The summed E-state index contributed by atoms with van der Waals surface area (Å²) < 4.78 is 0. The van der Waals surface area contributed by atoms with Gasteiger partial charge in [-0.25, -0.2) is 10.8 Å². The zero-order valence-corrected chi connectivity index (χ0v) is 12.3. The van der Waals surface area contributed by atoms with E-state index in [1.54, 1.807) is 6.07 Å². The molecule has 1 aromatic heterocycles. The Morgan fingerprint density at radius 2 is 2.05 bits per heavy atom. The molecule has 5 heteroatoms. The zero-order chi connectivity index (χ0) is 14.5. The Hall–Kier alpha value is -1.62. The number of carbonyl (C=O) groups is 1. The minimum Gasteiger partial charge on any atom is -0.349 e. The maximum absolute atomic E-state index is 12.3. The molecular weight excluding hydrogens is 252 g/mol. The highest BCUT2D eigenvalue weighted by atomic mass is 16.1. The first kappa shape index (κ1) is 14.8. The van der Waals surface area contributed by atoms with Crippen LogP contribution in [0, 0.1) is 5.92 Å². The van der Waals surface area contributed by atoms with Crippen molar-refractivity contribution in [2.75, 3.05) is 5.43 Å². The number of nitrogens with zero attached hydrogens (tertiary/aromatic N) is 1. The summed E-state index contributed by atoms with van der Waals surface area (Å²) in [7, 11) is 0. The summed E-state index contributed by atoms with van der Waals surface area (Å²) in [6.07, 6.45) is 5.30. The van der Waals surface area contributed by atoms with Gasteiger partial charge >= 0.3 is 0 Å². The molecule has 0 unspecified atom stereocenters. The van der Waals surface area contributed by atoms with Gasteiger partial charge in [0.25, 0.3) is 5.91 Å². The fourth-order valence-corrected chi connectivity index (χ4v) is 2.65. The van der Waals surface area contributed by atoms with E-state index in [-0.39, 0.29) is 5.91 Å².